The quantitative estimate of drug-likeness (QED) is 0.742. The summed E-state index contributed by atoms with van der Waals surface area (Å²) in [6, 6.07) is 15.7. The van der Waals surface area contributed by atoms with Gasteiger partial charge in [0, 0.05) is 11.6 Å². The molecule has 25 heavy (non-hydrogen) atoms. The summed E-state index contributed by atoms with van der Waals surface area (Å²) in [5, 5.41) is 3.05. The van der Waals surface area contributed by atoms with Crippen molar-refractivity contribution >= 4 is 5.91 Å². The van der Waals surface area contributed by atoms with Gasteiger partial charge in [-0.1, -0.05) is 30.3 Å². The van der Waals surface area contributed by atoms with Crippen LogP contribution in [0.5, 0.6) is 11.5 Å². The van der Waals surface area contributed by atoms with Crippen molar-refractivity contribution in [2.45, 2.75) is 39.7 Å². The van der Waals surface area contributed by atoms with Crippen molar-refractivity contribution < 1.29 is 14.3 Å². The van der Waals surface area contributed by atoms with Gasteiger partial charge in [0.1, 0.15) is 0 Å². The predicted molar refractivity (Wildman–Crippen MR) is 100 cm³/mol. The largest absolute Gasteiger partial charge is 0.490 e. The van der Waals surface area contributed by atoms with Gasteiger partial charge in [-0.3, -0.25) is 4.79 Å². The van der Waals surface area contributed by atoms with Crippen molar-refractivity contribution in [3.05, 3.63) is 59.7 Å². The number of ether oxygens (including phenoxy) is 2. The van der Waals surface area contributed by atoms with Gasteiger partial charge in [-0.05, 0) is 57.4 Å². The number of benzene rings is 2. The summed E-state index contributed by atoms with van der Waals surface area (Å²) in [4.78, 5) is 12.5. The first kappa shape index (κ1) is 18.8. The Balaban J connectivity index is 1.96. The van der Waals surface area contributed by atoms with Gasteiger partial charge in [0.2, 0.25) is 0 Å². The zero-order valence-electron chi connectivity index (χ0n) is 15.2. The molecule has 0 spiro atoms. The molecule has 2 aromatic carbocycles. The summed E-state index contributed by atoms with van der Waals surface area (Å²) < 4.78 is 11.1. The molecule has 0 aliphatic rings. The van der Waals surface area contributed by atoms with Crippen LogP contribution in [0.15, 0.2) is 48.5 Å². The number of hydrogen-bond acceptors (Lipinski definition) is 3. The van der Waals surface area contributed by atoms with E-state index < -0.39 is 0 Å². The van der Waals surface area contributed by atoms with Gasteiger partial charge in [-0.2, -0.15) is 0 Å². The molecule has 0 heterocycles. The zero-order chi connectivity index (χ0) is 18.1. The molecule has 2 aromatic rings. The van der Waals surface area contributed by atoms with E-state index in [9.17, 15) is 4.79 Å². The van der Waals surface area contributed by atoms with E-state index in [-0.39, 0.29) is 11.9 Å². The Kier molecular flexibility index (Phi) is 7.33. The lowest BCUT2D eigenvalue weighted by atomic mass is 10.1. The summed E-state index contributed by atoms with van der Waals surface area (Å²) in [6.07, 6.45) is 1.83. The number of hydrogen-bond donors (Lipinski definition) is 1. The topological polar surface area (TPSA) is 47.6 Å². The number of aryl methyl sites for hydroxylation is 1. The fourth-order valence-electron chi connectivity index (χ4n) is 2.60. The van der Waals surface area contributed by atoms with Crippen LogP contribution in [0.4, 0.5) is 0 Å². The molecule has 0 bridgehead atoms. The second-order valence-electron chi connectivity index (χ2n) is 5.93. The molecule has 1 N–H and O–H groups in total. The Morgan fingerprint density at radius 2 is 1.68 bits per heavy atom. The second kappa shape index (κ2) is 9.72. The average molecular weight is 341 g/mol. The SMILES string of the molecule is CCOc1ccc(C(=O)NC(C)CCc2ccccc2)cc1OCC. The molecule has 0 aliphatic heterocycles. The van der Waals surface area contributed by atoms with Crippen LogP contribution in [0.2, 0.25) is 0 Å². The lowest BCUT2D eigenvalue weighted by Crippen LogP contribution is -2.32. The summed E-state index contributed by atoms with van der Waals surface area (Å²) in [6.45, 7) is 6.94. The molecular formula is C21H27NO3. The molecule has 0 saturated carbocycles. The molecule has 0 fully saturated rings. The van der Waals surface area contributed by atoms with Crippen LogP contribution >= 0.6 is 0 Å². The van der Waals surface area contributed by atoms with Crippen LogP contribution in [0.1, 0.15) is 43.1 Å². The third kappa shape index (κ3) is 5.82. The third-order valence-electron chi connectivity index (χ3n) is 3.89. The van der Waals surface area contributed by atoms with Crippen molar-refractivity contribution in [2.75, 3.05) is 13.2 Å². The van der Waals surface area contributed by atoms with Gasteiger partial charge in [0.25, 0.3) is 5.91 Å². The molecule has 4 heteroatoms. The van der Waals surface area contributed by atoms with Crippen molar-refractivity contribution in [1.82, 2.24) is 5.32 Å². The van der Waals surface area contributed by atoms with Crippen LogP contribution in [-0.4, -0.2) is 25.2 Å². The van der Waals surface area contributed by atoms with Crippen LogP contribution in [-0.2, 0) is 6.42 Å². The summed E-state index contributed by atoms with van der Waals surface area (Å²) in [7, 11) is 0. The van der Waals surface area contributed by atoms with E-state index in [1.54, 1.807) is 18.2 Å². The van der Waals surface area contributed by atoms with Crippen molar-refractivity contribution in [3.8, 4) is 11.5 Å². The maximum Gasteiger partial charge on any atom is 0.251 e. The van der Waals surface area contributed by atoms with E-state index in [1.165, 1.54) is 5.56 Å². The summed E-state index contributed by atoms with van der Waals surface area (Å²) in [5.41, 5.74) is 1.86. The number of amides is 1. The van der Waals surface area contributed by atoms with Crippen LogP contribution in [0, 0.1) is 0 Å². The standard InChI is InChI=1S/C21H27NO3/c1-4-24-19-14-13-18(15-20(19)25-5-2)21(23)22-16(3)11-12-17-9-7-6-8-10-17/h6-10,13-16H,4-5,11-12H2,1-3H3,(H,22,23). The minimum atomic E-state index is -0.0930. The summed E-state index contributed by atoms with van der Waals surface area (Å²) in [5.74, 6) is 1.18. The maximum atomic E-state index is 12.5. The smallest absolute Gasteiger partial charge is 0.251 e. The fourth-order valence-corrected chi connectivity index (χ4v) is 2.60. The normalized spacial score (nSPS) is 11.6. The molecule has 0 radical (unpaired) electrons. The second-order valence-corrected chi connectivity index (χ2v) is 5.93. The Hall–Kier alpha value is -2.49. The highest BCUT2D eigenvalue weighted by Crippen LogP contribution is 2.28. The first-order chi connectivity index (χ1) is 12.1. The van der Waals surface area contributed by atoms with E-state index in [1.807, 2.05) is 39.0 Å². The molecule has 1 atom stereocenters. The zero-order valence-corrected chi connectivity index (χ0v) is 15.2. The highest BCUT2D eigenvalue weighted by atomic mass is 16.5. The van der Waals surface area contributed by atoms with E-state index >= 15 is 0 Å². The first-order valence-electron chi connectivity index (χ1n) is 8.88. The third-order valence-corrected chi connectivity index (χ3v) is 3.89. The predicted octanol–water partition coefficient (Wildman–Crippen LogP) is 4.24. The van der Waals surface area contributed by atoms with Crippen LogP contribution in [0.3, 0.4) is 0 Å². The monoisotopic (exact) mass is 341 g/mol. The number of nitrogens with one attached hydrogen (secondary N) is 1. The van der Waals surface area contributed by atoms with Gasteiger partial charge in [0.05, 0.1) is 13.2 Å². The number of carbonyl (C=O) groups excluding carboxylic acids is 1. The van der Waals surface area contributed by atoms with E-state index in [2.05, 4.69) is 17.4 Å². The van der Waals surface area contributed by atoms with Crippen LogP contribution < -0.4 is 14.8 Å². The average Bonchev–Trinajstić information content (AvgIpc) is 2.62. The number of carbonyl (C=O) groups is 1. The lowest BCUT2D eigenvalue weighted by Gasteiger charge is -2.16. The van der Waals surface area contributed by atoms with E-state index in [0.29, 0.717) is 30.3 Å². The molecule has 1 unspecified atom stereocenters. The van der Waals surface area contributed by atoms with Gasteiger partial charge in [0.15, 0.2) is 11.5 Å². The van der Waals surface area contributed by atoms with Gasteiger partial charge in [-0.15, -0.1) is 0 Å². The molecule has 1 amide bonds. The highest BCUT2D eigenvalue weighted by molar-refractivity contribution is 5.95. The molecule has 0 aliphatic carbocycles. The molecular weight excluding hydrogens is 314 g/mol. The van der Waals surface area contributed by atoms with Crippen LogP contribution in [0.25, 0.3) is 0 Å². The lowest BCUT2D eigenvalue weighted by molar-refractivity contribution is 0.0938. The van der Waals surface area contributed by atoms with Gasteiger partial charge >= 0.3 is 0 Å². The van der Waals surface area contributed by atoms with Gasteiger partial charge in [-0.25, -0.2) is 0 Å². The molecule has 134 valence electrons. The number of rotatable bonds is 9. The Morgan fingerprint density at radius 3 is 2.36 bits per heavy atom. The van der Waals surface area contributed by atoms with Gasteiger partial charge < -0.3 is 14.8 Å². The molecule has 4 nitrogen and oxygen atoms in total. The van der Waals surface area contributed by atoms with E-state index in [4.69, 9.17) is 9.47 Å². The molecule has 2 rings (SSSR count). The minimum Gasteiger partial charge on any atom is -0.490 e. The Morgan fingerprint density at radius 1 is 1.00 bits per heavy atom. The Bertz CT molecular complexity index is 670. The minimum absolute atomic E-state index is 0.0924. The van der Waals surface area contributed by atoms with Crippen molar-refractivity contribution in [2.24, 2.45) is 0 Å². The highest BCUT2D eigenvalue weighted by Gasteiger charge is 2.13. The maximum absolute atomic E-state index is 12.5. The first-order valence-corrected chi connectivity index (χ1v) is 8.88. The van der Waals surface area contributed by atoms with Crippen molar-refractivity contribution in [1.29, 1.82) is 0 Å². The molecule has 0 aromatic heterocycles. The van der Waals surface area contributed by atoms with E-state index in [0.717, 1.165) is 12.8 Å². The van der Waals surface area contributed by atoms with Crippen molar-refractivity contribution in [3.63, 3.8) is 0 Å². The summed E-state index contributed by atoms with van der Waals surface area (Å²) >= 11 is 0. The molecule has 0 saturated heterocycles. The fraction of sp³-hybridized carbons (Fsp3) is 0.381. The Labute approximate surface area is 150 Å².